The Morgan fingerprint density at radius 3 is 2.32 bits per heavy atom. The molecule has 0 radical (unpaired) electrons. The van der Waals surface area contributed by atoms with E-state index >= 15 is 0 Å². The molecule has 2 aliphatic heterocycles. The van der Waals surface area contributed by atoms with Gasteiger partial charge in [-0.1, -0.05) is 29.8 Å². The second-order valence-corrected chi connectivity index (χ2v) is 7.98. The summed E-state index contributed by atoms with van der Waals surface area (Å²) < 4.78 is 5.58. The standard InChI is InChI=1S/C23H24ClN3O4/c24-18-5-3-4-17(16-18)23(30)26-12-10-25(11-13-26)21(28)8-9-22(29)27-14-15-31-20-7-2-1-6-19(20)27/h1-7,16H,8-15H2. The first-order valence-electron chi connectivity index (χ1n) is 10.4. The highest BCUT2D eigenvalue weighted by Gasteiger charge is 2.27. The Kier molecular flexibility index (Phi) is 6.42. The van der Waals surface area contributed by atoms with Gasteiger partial charge in [0.05, 0.1) is 12.2 Å². The van der Waals surface area contributed by atoms with Gasteiger partial charge in [-0.3, -0.25) is 14.4 Å². The number of ether oxygens (including phenoxy) is 1. The molecular formula is C23H24ClN3O4. The molecule has 3 amide bonds. The number of piperazine rings is 1. The molecule has 1 saturated heterocycles. The third-order valence-electron chi connectivity index (χ3n) is 5.57. The number of para-hydroxylation sites is 2. The molecule has 0 atom stereocenters. The molecule has 31 heavy (non-hydrogen) atoms. The highest BCUT2D eigenvalue weighted by atomic mass is 35.5. The molecule has 0 aliphatic carbocycles. The van der Waals surface area contributed by atoms with Crippen LogP contribution in [0, 0.1) is 0 Å². The van der Waals surface area contributed by atoms with Crippen LogP contribution in [0.4, 0.5) is 5.69 Å². The summed E-state index contributed by atoms with van der Waals surface area (Å²) in [6, 6.07) is 14.3. The first kappa shape index (κ1) is 21.2. The zero-order valence-electron chi connectivity index (χ0n) is 17.1. The first-order valence-corrected chi connectivity index (χ1v) is 10.8. The van der Waals surface area contributed by atoms with Gasteiger partial charge in [-0.2, -0.15) is 0 Å². The van der Waals surface area contributed by atoms with Crippen molar-refractivity contribution in [1.29, 1.82) is 0 Å². The molecule has 8 heteroatoms. The summed E-state index contributed by atoms with van der Waals surface area (Å²) >= 11 is 5.98. The van der Waals surface area contributed by atoms with Crippen molar-refractivity contribution < 1.29 is 19.1 Å². The number of benzene rings is 2. The van der Waals surface area contributed by atoms with Gasteiger partial charge in [0.15, 0.2) is 0 Å². The van der Waals surface area contributed by atoms with E-state index < -0.39 is 0 Å². The molecule has 162 valence electrons. The van der Waals surface area contributed by atoms with Crippen molar-refractivity contribution in [2.45, 2.75) is 12.8 Å². The third kappa shape index (κ3) is 4.82. The van der Waals surface area contributed by atoms with Crippen molar-refractivity contribution in [3.05, 3.63) is 59.1 Å². The maximum absolute atomic E-state index is 12.7. The number of nitrogens with zero attached hydrogens (tertiary/aromatic N) is 3. The third-order valence-corrected chi connectivity index (χ3v) is 5.81. The van der Waals surface area contributed by atoms with Crippen molar-refractivity contribution in [2.75, 3.05) is 44.2 Å². The van der Waals surface area contributed by atoms with E-state index in [4.69, 9.17) is 16.3 Å². The van der Waals surface area contributed by atoms with Gasteiger partial charge in [-0.05, 0) is 30.3 Å². The minimum Gasteiger partial charge on any atom is -0.490 e. The molecule has 0 N–H and O–H groups in total. The van der Waals surface area contributed by atoms with Crippen molar-refractivity contribution in [1.82, 2.24) is 9.80 Å². The van der Waals surface area contributed by atoms with Crippen LogP contribution in [-0.4, -0.2) is 66.9 Å². The highest BCUT2D eigenvalue weighted by Crippen LogP contribution is 2.31. The van der Waals surface area contributed by atoms with Crippen LogP contribution in [0.15, 0.2) is 48.5 Å². The summed E-state index contributed by atoms with van der Waals surface area (Å²) in [5, 5.41) is 0.521. The summed E-state index contributed by atoms with van der Waals surface area (Å²) in [4.78, 5) is 43.1. The van der Waals surface area contributed by atoms with Crippen molar-refractivity contribution in [2.24, 2.45) is 0 Å². The van der Waals surface area contributed by atoms with Gasteiger partial charge in [0.2, 0.25) is 11.8 Å². The van der Waals surface area contributed by atoms with E-state index in [1.54, 1.807) is 39.0 Å². The molecule has 0 unspecified atom stereocenters. The van der Waals surface area contributed by atoms with E-state index in [0.29, 0.717) is 55.7 Å². The Labute approximate surface area is 186 Å². The maximum Gasteiger partial charge on any atom is 0.254 e. The lowest BCUT2D eigenvalue weighted by Crippen LogP contribution is -2.50. The molecule has 0 spiro atoms. The molecule has 0 saturated carbocycles. The molecule has 2 heterocycles. The fourth-order valence-corrected chi connectivity index (χ4v) is 4.09. The quantitative estimate of drug-likeness (QED) is 0.731. The lowest BCUT2D eigenvalue weighted by molar-refractivity contribution is -0.134. The van der Waals surface area contributed by atoms with Gasteiger partial charge in [0.25, 0.3) is 5.91 Å². The Morgan fingerprint density at radius 2 is 1.55 bits per heavy atom. The Morgan fingerprint density at radius 1 is 0.839 bits per heavy atom. The maximum atomic E-state index is 12.7. The number of carbonyl (C=O) groups excluding carboxylic acids is 3. The van der Waals surface area contributed by atoms with Gasteiger partial charge in [-0.15, -0.1) is 0 Å². The average Bonchev–Trinajstić information content (AvgIpc) is 2.81. The van der Waals surface area contributed by atoms with Gasteiger partial charge in [0.1, 0.15) is 12.4 Å². The van der Waals surface area contributed by atoms with Crippen LogP contribution >= 0.6 is 11.6 Å². The molecule has 1 fully saturated rings. The van der Waals surface area contributed by atoms with E-state index in [2.05, 4.69) is 0 Å². The van der Waals surface area contributed by atoms with Crippen LogP contribution in [0.3, 0.4) is 0 Å². The Hall–Kier alpha value is -3.06. The molecule has 2 aromatic carbocycles. The normalized spacial score (nSPS) is 15.8. The van der Waals surface area contributed by atoms with Gasteiger partial charge < -0.3 is 19.4 Å². The fourth-order valence-electron chi connectivity index (χ4n) is 3.90. The largest absolute Gasteiger partial charge is 0.490 e. The number of fused-ring (bicyclic) bond motifs is 1. The molecule has 4 rings (SSSR count). The monoisotopic (exact) mass is 441 g/mol. The average molecular weight is 442 g/mol. The highest BCUT2D eigenvalue weighted by molar-refractivity contribution is 6.30. The van der Waals surface area contributed by atoms with Crippen LogP contribution in [0.5, 0.6) is 5.75 Å². The number of rotatable bonds is 4. The smallest absolute Gasteiger partial charge is 0.254 e. The van der Waals surface area contributed by atoms with Crippen molar-refractivity contribution in [3.8, 4) is 5.75 Å². The van der Waals surface area contributed by atoms with Crippen LogP contribution in [0.1, 0.15) is 23.2 Å². The molecule has 2 aromatic rings. The first-order chi connectivity index (χ1) is 15.0. The van der Waals surface area contributed by atoms with Crippen molar-refractivity contribution in [3.63, 3.8) is 0 Å². The lowest BCUT2D eigenvalue weighted by Gasteiger charge is -2.35. The summed E-state index contributed by atoms with van der Waals surface area (Å²) in [6.45, 7) is 2.76. The number of carbonyl (C=O) groups is 3. The molecule has 7 nitrogen and oxygen atoms in total. The predicted molar refractivity (Wildman–Crippen MR) is 117 cm³/mol. The topological polar surface area (TPSA) is 70.2 Å². The fraction of sp³-hybridized carbons (Fsp3) is 0.348. The van der Waals surface area contributed by atoms with E-state index in [1.165, 1.54) is 0 Å². The number of hydrogen-bond acceptors (Lipinski definition) is 4. The Balaban J connectivity index is 1.27. The SMILES string of the molecule is O=C(CCC(=O)N1CCOc2ccccc21)N1CCN(C(=O)c2cccc(Cl)c2)CC1. The summed E-state index contributed by atoms with van der Waals surface area (Å²) in [6.07, 6.45) is 0.301. The zero-order chi connectivity index (χ0) is 21.8. The molecule has 0 aromatic heterocycles. The minimum absolute atomic E-state index is 0.0650. The molecular weight excluding hydrogens is 418 g/mol. The predicted octanol–water partition coefficient (Wildman–Crippen LogP) is 2.83. The molecule has 2 aliphatic rings. The minimum atomic E-state index is -0.0873. The van der Waals surface area contributed by atoms with Gasteiger partial charge >= 0.3 is 0 Å². The second-order valence-electron chi connectivity index (χ2n) is 7.54. The van der Waals surface area contributed by atoms with E-state index in [0.717, 1.165) is 5.69 Å². The van der Waals surface area contributed by atoms with Crippen molar-refractivity contribution >= 4 is 35.0 Å². The summed E-state index contributed by atoms with van der Waals surface area (Å²) in [5.74, 6) is 0.452. The second kappa shape index (κ2) is 9.39. The van der Waals surface area contributed by atoms with E-state index in [1.807, 2.05) is 24.3 Å². The Bertz CT molecular complexity index is 988. The van der Waals surface area contributed by atoms with Crippen LogP contribution < -0.4 is 9.64 Å². The lowest BCUT2D eigenvalue weighted by atomic mass is 10.1. The number of anilines is 1. The van der Waals surface area contributed by atoms with E-state index in [-0.39, 0.29) is 30.6 Å². The van der Waals surface area contributed by atoms with E-state index in [9.17, 15) is 14.4 Å². The van der Waals surface area contributed by atoms with Crippen LogP contribution in [0.25, 0.3) is 0 Å². The summed E-state index contributed by atoms with van der Waals surface area (Å²) in [7, 11) is 0. The molecule has 0 bridgehead atoms. The zero-order valence-corrected chi connectivity index (χ0v) is 17.9. The van der Waals surface area contributed by atoms with Crippen LogP contribution in [-0.2, 0) is 9.59 Å². The van der Waals surface area contributed by atoms with Crippen LogP contribution in [0.2, 0.25) is 5.02 Å². The number of hydrogen-bond donors (Lipinski definition) is 0. The number of amides is 3. The van der Waals surface area contributed by atoms with Gasteiger partial charge in [0, 0.05) is 49.6 Å². The summed E-state index contributed by atoms with van der Waals surface area (Å²) in [5.41, 5.74) is 1.29. The van der Waals surface area contributed by atoms with Gasteiger partial charge in [-0.25, -0.2) is 0 Å². The number of halogens is 1.